The minimum absolute atomic E-state index is 0.0918. The van der Waals surface area contributed by atoms with Gasteiger partial charge in [-0.05, 0) is 48.1 Å². The van der Waals surface area contributed by atoms with Crippen LogP contribution in [-0.2, 0) is 6.42 Å². The van der Waals surface area contributed by atoms with Gasteiger partial charge in [-0.1, -0.05) is 18.5 Å². The molecule has 84 valence electrons. The van der Waals surface area contributed by atoms with Crippen molar-refractivity contribution in [3.63, 3.8) is 0 Å². The largest absolute Gasteiger partial charge is 0.357 e. The number of nitrogens with one attached hydrogen (secondary N) is 1. The Labute approximate surface area is 112 Å². The van der Waals surface area contributed by atoms with Gasteiger partial charge < -0.3 is 4.98 Å². The fourth-order valence-corrected chi connectivity index (χ4v) is 3.06. The molecule has 0 unspecified atom stereocenters. The van der Waals surface area contributed by atoms with E-state index in [4.69, 9.17) is 11.6 Å². The zero-order chi connectivity index (χ0) is 11.9. The molecule has 2 rings (SSSR count). The summed E-state index contributed by atoms with van der Waals surface area (Å²) in [6.07, 6.45) is 0.736. The molecule has 1 aromatic heterocycles. The van der Waals surface area contributed by atoms with Crippen LogP contribution in [0, 0.1) is 10.5 Å². The van der Waals surface area contributed by atoms with Crippen LogP contribution >= 0.6 is 34.2 Å². The predicted molar refractivity (Wildman–Crippen MR) is 76.4 cm³/mol. The van der Waals surface area contributed by atoms with Crippen molar-refractivity contribution in [1.29, 1.82) is 0 Å². The van der Waals surface area contributed by atoms with E-state index in [2.05, 4.69) is 27.6 Å². The van der Waals surface area contributed by atoms with Gasteiger partial charge in [-0.15, -0.1) is 0 Å². The Hall–Kier alpha value is -0.550. The van der Waals surface area contributed by atoms with Gasteiger partial charge in [0.15, 0.2) is 5.43 Å². The quantitative estimate of drug-likeness (QED) is 0.785. The first-order valence-electron chi connectivity index (χ1n) is 5.05. The maximum Gasteiger partial charge on any atom is 0.192 e. The van der Waals surface area contributed by atoms with Crippen LogP contribution in [-0.4, -0.2) is 4.98 Å². The molecule has 1 aromatic carbocycles. The Morgan fingerprint density at radius 3 is 2.75 bits per heavy atom. The van der Waals surface area contributed by atoms with E-state index in [1.54, 1.807) is 6.07 Å². The van der Waals surface area contributed by atoms with Crippen molar-refractivity contribution in [3.8, 4) is 0 Å². The molecule has 0 bridgehead atoms. The summed E-state index contributed by atoms with van der Waals surface area (Å²) < 4.78 is 0.975. The predicted octanol–water partition coefficient (Wildman–Crippen LogP) is 3.66. The minimum Gasteiger partial charge on any atom is -0.357 e. The number of aromatic amines is 1. The molecule has 1 N–H and O–H groups in total. The number of H-pyrrole nitrogens is 1. The van der Waals surface area contributed by atoms with Crippen molar-refractivity contribution in [1.82, 2.24) is 4.98 Å². The van der Waals surface area contributed by atoms with Crippen LogP contribution in [0.4, 0.5) is 0 Å². The SMILES string of the molecule is CCc1c(C)[nH]c2c(I)cc(Cl)cc2c1=O. The van der Waals surface area contributed by atoms with Crippen LogP contribution in [0.1, 0.15) is 18.2 Å². The van der Waals surface area contributed by atoms with E-state index in [1.807, 2.05) is 19.9 Å². The highest BCUT2D eigenvalue weighted by Crippen LogP contribution is 2.23. The lowest BCUT2D eigenvalue weighted by atomic mass is 10.1. The van der Waals surface area contributed by atoms with Crippen molar-refractivity contribution in [2.45, 2.75) is 20.3 Å². The van der Waals surface area contributed by atoms with Crippen LogP contribution in [0.3, 0.4) is 0 Å². The van der Waals surface area contributed by atoms with Gasteiger partial charge in [-0.3, -0.25) is 4.79 Å². The fraction of sp³-hybridized carbons (Fsp3) is 0.250. The third-order valence-electron chi connectivity index (χ3n) is 2.69. The highest BCUT2D eigenvalue weighted by Gasteiger charge is 2.10. The lowest BCUT2D eigenvalue weighted by Gasteiger charge is -2.08. The number of pyridine rings is 1. The number of hydrogen-bond acceptors (Lipinski definition) is 1. The van der Waals surface area contributed by atoms with Gasteiger partial charge in [0, 0.05) is 25.2 Å². The van der Waals surface area contributed by atoms with Gasteiger partial charge >= 0.3 is 0 Å². The Morgan fingerprint density at radius 2 is 2.12 bits per heavy atom. The second-order valence-electron chi connectivity index (χ2n) is 3.72. The number of halogens is 2. The summed E-state index contributed by atoms with van der Waals surface area (Å²) in [5.74, 6) is 0. The van der Waals surface area contributed by atoms with Crippen LogP contribution in [0.2, 0.25) is 5.02 Å². The number of fused-ring (bicyclic) bond motifs is 1. The second kappa shape index (κ2) is 4.37. The number of benzene rings is 1. The number of aryl methyl sites for hydroxylation is 1. The van der Waals surface area contributed by atoms with Crippen LogP contribution in [0.25, 0.3) is 10.9 Å². The van der Waals surface area contributed by atoms with E-state index in [1.165, 1.54) is 0 Å². The highest BCUT2D eigenvalue weighted by atomic mass is 127. The lowest BCUT2D eigenvalue weighted by molar-refractivity contribution is 1.05. The molecule has 0 saturated heterocycles. The van der Waals surface area contributed by atoms with Crippen LogP contribution < -0.4 is 5.43 Å². The molecule has 0 saturated carbocycles. The average Bonchev–Trinajstić information content (AvgIpc) is 2.21. The lowest BCUT2D eigenvalue weighted by Crippen LogP contribution is -2.13. The van der Waals surface area contributed by atoms with Crippen molar-refractivity contribution < 1.29 is 0 Å². The molecule has 0 atom stereocenters. The van der Waals surface area contributed by atoms with Gasteiger partial charge in [0.2, 0.25) is 0 Å². The van der Waals surface area contributed by atoms with Gasteiger partial charge in [-0.25, -0.2) is 0 Å². The van der Waals surface area contributed by atoms with E-state index in [9.17, 15) is 4.79 Å². The minimum atomic E-state index is 0.0918. The molecule has 0 spiro atoms. The molecule has 2 nitrogen and oxygen atoms in total. The molecule has 2 aromatic rings. The third-order valence-corrected chi connectivity index (χ3v) is 3.76. The third kappa shape index (κ3) is 1.86. The van der Waals surface area contributed by atoms with Crippen LogP contribution in [0.5, 0.6) is 0 Å². The van der Waals surface area contributed by atoms with Gasteiger partial charge in [0.1, 0.15) is 0 Å². The monoisotopic (exact) mass is 347 g/mol. The molecular formula is C12H11ClINO. The maximum absolute atomic E-state index is 12.2. The normalized spacial score (nSPS) is 11.0. The molecule has 0 aliphatic carbocycles. The summed E-state index contributed by atoms with van der Waals surface area (Å²) in [4.78, 5) is 15.5. The number of hydrogen-bond donors (Lipinski definition) is 1. The first kappa shape index (κ1) is 11.9. The topological polar surface area (TPSA) is 32.9 Å². The second-order valence-corrected chi connectivity index (χ2v) is 5.32. The zero-order valence-electron chi connectivity index (χ0n) is 9.03. The van der Waals surface area contributed by atoms with Crippen molar-refractivity contribution in [2.75, 3.05) is 0 Å². The Balaban J connectivity index is 2.99. The summed E-state index contributed by atoms with van der Waals surface area (Å²) >= 11 is 8.16. The zero-order valence-corrected chi connectivity index (χ0v) is 11.9. The molecule has 0 aliphatic rings. The molecule has 0 aliphatic heterocycles. The first-order valence-corrected chi connectivity index (χ1v) is 6.50. The van der Waals surface area contributed by atoms with Crippen LogP contribution in [0.15, 0.2) is 16.9 Å². The summed E-state index contributed by atoms with van der Waals surface area (Å²) in [6.45, 7) is 3.92. The smallest absolute Gasteiger partial charge is 0.192 e. The molecular weight excluding hydrogens is 336 g/mol. The molecule has 4 heteroatoms. The summed E-state index contributed by atoms with van der Waals surface area (Å²) in [6, 6.07) is 3.59. The van der Waals surface area contributed by atoms with Gasteiger partial charge in [0.05, 0.1) is 5.52 Å². The standard InChI is InChI=1S/C12H11ClINO/c1-3-8-6(2)15-11-9(12(8)16)4-7(13)5-10(11)14/h4-5H,3H2,1-2H3,(H,15,16). The fourth-order valence-electron chi connectivity index (χ4n) is 1.90. The Morgan fingerprint density at radius 1 is 1.44 bits per heavy atom. The number of rotatable bonds is 1. The molecule has 0 amide bonds. The van der Waals surface area contributed by atoms with E-state index in [0.29, 0.717) is 10.4 Å². The molecule has 0 radical (unpaired) electrons. The summed E-state index contributed by atoms with van der Waals surface area (Å²) in [5, 5.41) is 1.28. The summed E-state index contributed by atoms with van der Waals surface area (Å²) in [5.41, 5.74) is 2.75. The first-order chi connectivity index (χ1) is 7.54. The highest BCUT2D eigenvalue weighted by molar-refractivity contribution is 14.1. The summed E-state index contributed by atoms with van der Waals surface area (Å²) in [7, 11) is 0. The molecule has 16 heavy (non-hydrogen) atoms. The van der Waals surface area contributed by atoms with Gasteiger partial charge in [-0.2, -0.15) is 0 Å². The van der Waals surface area contributed by atoms with E-state index in [0.717, 1.165) is 26.8 Å². The van der Waals surface area contributed by atoms with Crippen molar-refractivity contribution >= 4 is 45.1 Å². The van der Waals surface area contributed by atoms with E-state index in [-0.39, 0.29) is 5.43 Å². The Kier molecular flexibility index (Phi) is 3.26. The van der Waals surface area contributed by atoms with Crippen molar-refractivity contribution in [2.24, 2.45) is 0 Å². The average molecular weight is 348 g/mol. The molecule has 0 fully saturated rings. The van der Waals surface area contributed by atoms with Crippen molar-refractivity contribution in [3.05, 3.63) is 42.2 Å². The number of aromatic nitrogens is 1. The van der Waals surface area contributed by atoms with E-state index >= 15 is 0 Å². The maximum atomic E-state index is 12.2. The van der Waals surface area contributed by atoms with E-state index < -0.39 is 0 Å². The molecule has 1 heterocycles. The Bertz CT molecular complexity index is 618. The van der Waals surface area contributed by atoms with Gasteiger partial charge in [0.25, 0.3) is 0 Å².